The Morgan fingerprint density at radius 1 is 1.15 bits per heavy atom. The smallest absolute Gasteiger partial charge is 0.151 e. The number of nitrogens with zero attached hydrogens (tertiary/aromatic N) is 3. The fourth-order valence-electron chi connectivity index (χ4n) is 2.05. The van der Waals surface area contributed by atoms with Gasteiger partial charge in [-0.05, 0) is 31.9 Å². The maximum absolute atomic E-state index is 4.50. The minimum Gasteiger partial charge on any atom is -0.328 e. The first kappa shape index (κ1) is 13.1. The van der Waals surface area contributed by atoms with E-state index >= 15 is 0 Å². The molecule has 4 nitrogen and oxygen atoms in total. The molecule has 20 heavy (non-hydrogen) atoms. The molecule has 0 amide bonds. The van der Waals surface area contributed by atoms with Crippen molar-refractivity contribution in [3.63, 3.8) is 0 Å². The van der Waals surface area contributed by atoms with Crippen LogP contribution in [0.1, 0.15) is 24.1 Å². The fraction of sp³-hybridized carbons (Fsp3) is 0.375. The Hall–Kier alpha value is -1.94. The zero-order valence-electron chi connectivity index (χ0n) is 12.0. The molecule has 0 atom stereocenters. The predicted octanol–water partition coefficient (Wildman–Crippen LogP) is 2.80. The first-order chi connectivity index (χ1) is 9.72. The Labute approximate surface area is 119 Å². The number of benzene rings is 1. The highest BCUT2D eigenvalue weighted by Crippen LogP contribution is 2.21. The van der Waals surface area contributed by atoms with Crippen molar-refractivity contribution in [1.29, 1.82) is 0 Å². The standard InChI is InChI=1S/C16H20N4/c1-12-3-7-15(8-4-12)20(2)16-11-18-14(10-19-16)9-17-13-5-6-13/h3-4,7-8,10-11,13,17H,5-6,9H2,1-2H3. The van der Waals surface area contributed by atoms with Crippen molar-refractivity contribution < 1.29 is 0 Å². The molecule has 0 unspecified atom stereocenters. The van der Waals surface area contributed by atoms with Gasteiger partial charge in [-0.25, -0.2) is 4.98 Å². The van der Waals surface area contributed by atoms with Crippen molar-refractivity contribution in [2.24, 2.45) is 0 Å². The Morgan fingerprint density at radius 2 is 1.90 bits per heavy atom. The summed E-state index contributed by atoms with van der Waals surface area (Å²) < 4.78 is 0. The number of anilines is 2. The molecule has 1 N–H and O–H groups in total. The number of hydrogen-bond donors (Lipinski definition) is 1. The number of nitrogens with one attached hydrogen (secondary N) is 1. The number of hydrogen-bond acceptors (Lipinski definition) is 4. The van der Waals surface area contributed by atoms with Gasteiger partial charge in [-0.1, -0.05) is 17.7 Å². The van der Waals surface area contributed by atoms with Crippen LogP contribution in [0.25, 0.3) is 0 Å². The lowest BCUT2D eigenvalue weighted by Gasteiger charge is -2.18. The van der Waals surface area contributed by atoms with Gasteiger partial charge in [-0.3, -0.25) is 4.98 Å². The van der Waals surface area contributed by atoms with Gasteiger partial charge in [-0.15, -0.1) is 0 Å². The second kappa shape index (κ2) is 5.59. The molecule has 0 saturated heterocycles. The van der Waals surface area contributed by atoms with E-state index in [1.807, 2.05) is 24.3 Å². The van der Waals surface area contributed by atoms with Crippen molar-refractivity contribution in [2.45, 2.75) is 32.4 Å². The van der Waals surface area contributed by atoms with Gasteiger partial charge < -0.3 is 10.2 Å². The van der Waals surface area contributed by atoms with Gasteiger partial charge in [-0.2, -0.15) is 0 Å². The van der Waals surface area contributed by atoms with Crippen molar-refractivity contribution in [3.8, 4) is 0 Å². The van der Waals surface area contributed by atoms with Crippen molar-refractivity contribution >= 4 is 11.5 Å². The summed E-state index contributed by atoms with van der Waals surface area (Å²) in [4.78, 5) is 11.0. The molecular formula is C16H20N4. The van der Waals surface area contributed by atoms with Crippen molar-refractivity contribution in [3.05, 3.63) is 47.9 Å². The lowest BCUT2D eigenvalue weighted by atomic mass is 10.2. The summed E-state index contributed by atoms with van der Waals surface area (Å²) in [6.07, 6.45) is 6.28. The van der Waals surface area contributed by atoms with E-state index in [2.05, 4.69) is 46.5 Å². The summed E-state index contributed by atoms with van der Waals surface area (Å²) in [6, 6.07) is 9.10. The average molecular weight is 268 g/mol. The van der Waals surface area contributed by atoms with Gasteiger partial charge in [0.1, 0.15) is 0 Å². The highest BCUT2D eigenvalue weighted by atomic mass is 15.2. The third-order valence-electron chi connectivity index (χ3n) is 3.61. The third kappa shape index (κ3) is 3.14. The molecule has 0 spiro atoms. The van der Waals surface area contributed by atoms with Crippen LogP contribution in [0.5, 0.6) is 0 Å². The Balaban J connectivity index is 1.67. The monoisotopic (exact) mass is 268 g/mol. The Kier molecular flexibility index (Phi) is 3.65. The van der Waals surface area contributed by atoms with E-state index in [1.54, 1.807) is 0 Å². The summed E-state index contributed by atoms with van der Waals surface area (Å²) >= 11 is 0. The van der Waals surface area contributed by atoms with Crippen molar-refractivity contribution in [2.75, 3.05) is 11.9 Å². The molecule has 1 aliphatic carbocycles. The second-order valence-corrected chi connectivity index (χ2v) is 5.42. The highest BCUT2D eigenvalue weighted by Gasteiger charge is 2.20. The van der Waals surface area contributed by atoms with Gasteiger partial charge in [0.05, 0.1) is 18.1 Å². The van der Waals surface area contributed by atoms with Crippen LogP contribution in [0.3, 0.4) is 0 Å². The summed E-state index contributed by atoms with van der Waals surface area (Å²) in [6.45, 7) is 2.90. The zero-order chi connectivity index (χ0) is 13.9. The van der Waals surface area contributed by atoms with E-state index in [4.69, 9.17) is 0 Å². The van der Waals surface area contributed by atoms with Crippen LogP contribution in [-0.4, -0.2) is 23.1 Å². The molecule has 0 radical (unpaired) electrons. The lowest BCUT2D eigenvalue weighted by molar-refractivity contribution is 0.671. The maximum atomic E-state index is 4.50. The zero-order valence-corrected chi connectivity index (χ0v) is 12.0. The SMILES string of the molecule is Cc1ccc(N(C)c2cnc(CNC3CC3)cn2)cc1. The number of aromatic nitrogens is 2. The quantitative estimate of drug-likeness (QED) is 0.905. The molecule has 0 bridgehead atoms. The van der Waals surface area contributed by atoms with Gasteiger partial charge in [0, 0.05) is 25.3 Å². The van der Waals surface area contributed by atoms with Crippen LogP contribution in [0.4, 0.5) is 11.5 Å². The van der Waals surface area contributed by atoms with E-state index in [0.717, 1.165) is 23.7 Å². The van der Waals surface area contributed by atoms with E-state index in [-0.39, 0.29) is 0 Å². The molecule has 1 fully saturated rings. The minimum atomic E-state index is 0.701. The van der Waals surface area contributed by atoms with Crippen molar-refractivity contribution in [1.82, 2.24) is 15.3 Å². The van der Waals surface area contributed by atoms with Gasteiger partial charge in [0.25, 0.3) is 0 Å². The predicted molar refractivity (Wildman–Crippen MR) is 81.1 cm³/mol. The molecule has 2 aromatic rings. The molecule has 1 aliphatic rings. The van der Waals surface area contributed by atoms with E-state index in [1.165, 1.54) is 18.4 Å². The maximum Gasteiger partial charge on any atom is 0.151 e. The van der Waals surface area contributed by atoms with Gasteiger partial charge in [0.2, 0.25) is 0 Å². The van der Waals surface area contributed by atoms with Gasteiger partial charge >= 0.3 is 0 Å². The Morgan fingerprint density at radius 3 is 2.50 bits per heavy atom. The van der Waals surface area contributed by atoms with Crippen LogP contribution in [0.2, 0.25) is 0 Å². The largest absolute Gasteiger partial charge is 0.328 e. The number of aryl methyl sites for hydroxylation is 1. The summed E-state index contributed by atoms with van der Waals surface area (Å²) in [7, 11) is 2.01. The van der Waals surface area contributed by atoms with E-state index < -0.39 is 0 Å². The van der Waals surface area contributed by atoms with Crippen LogP contribution < -0.4 is 10.2 Å². The normalized spacial score (nSPS) is 14.3. The molecule has 1 aromatic heterocycles. The lowest BCUT2D eigenvalue weighted by Crippen LogP contribution is -2.17. The summed E-state index contributed by atoms with van der Waals surface area (Å²) in [5.74, 6) is 0.865. The molecule has 3 rings (SSSR count). The van der Waals surface area contributed by atoms with Crippen LogP contribution in [-0.2, 0) is 6.54 Å². The molecule has 1 saturated carbocycles. The molecule has 4 heteroatoms. The summed E-state index contributed by atoms with van der Waals surface area (Å²) in [5.41, 5.74) is 3.38. The van der Waals surface area contributed by atoms with Gasteiger partial charge in [0.15, 0.2) is 5.82 Å². The first-order valence-corrected chi connectivity index (χ1v) is 7.07. The molecule has 0 aliphatic heterocycles. The molecule has 1 heterocycles. The summed E-state index contributed by atoms with van der Waals surface area (Å²) in [5, 5.41) is 3.44. The third-order valence-corrected chi connectivity index (χ3v) is 3.61. The molecular weight excluding hydrogens is 248 g/mol. The first-order valence-electron chi connectivity index (χ1n) is 7.07. The van der Waals surface area contributed by atoms with Crippen LogP contribution in [0.15, 0.2) is 36.7 Å². The van der Waals surface area contributed by atoms with Crippen LogP contribution in [0, 0.1) is 6.92 Å². The fourth-order valence-corrected chi connectivity index (χ4v) is 2.05. The molecule has 1 aromatic carbocycles. The average Bonchev–Trinajstić information content (AvgIpc) is 3.30. The molecule has 104 valence electrons. The van der Waals surface area contributed by atoms with E-state index in [9.17, 15) is 0 Å². The Bertz CT molecular complexity index is 558. The topological polar surface area (TPSA) is 41.1 Å². The highest BCUT2D eigenvalue weighted by molar-refractivity contribution is 5.58. The van der Waals surface area contributed by atoms with Crippen LogP contribution >= 0.6 is 0 Å². The number of rotatable bonds is 5. The second-order valence-electron chi connectivity index (χ2n) is 5.42. The minimum absolute atomic E-state index is 0.701. The van der Waals surface area contributed by atoms with E-state index in [0.29, 0.717) is 6.04 Å².